The summed E-state index contributed by atoms with van der Waals surface area (Å²) in [6.07, 6.45) is 2.68. The van der Waals surface area contributed by atoms with Crippen LogP contribution in [0.25, 0.3) is 10.9 Å². The molecule has 3 rings (SSSR count). The Morgan fingerprint density at radius 2 is 1.92 bits per heavy atom. The summed E-state index contributed by atoms with van der Waals surface area (Å²) < 4.78 is 23.7. The van der Waals surface area contributed by atoms with Crippen LogP contribution < -0.4 is 14.8 Å². The van der Waals surface area contributed by atoms with E-state index < -0.39 is 0 Å². The molecule has 0 fully saturated rings. The largest absolute Gasteiger partial charge is 0.493 e. The van der Waals surface area contributed by atoms with Gasteiger partial charge in [-0.05, 0) is 47.9 Å². The molecule has 1 amide bonds. The summed E-state index contributed by atoms with van der Waals surface area (Å²) in [6, 6.07) is 10.2. The highest BCUT2D eigenvalue weighted by atomic mass is 19.1. The van der Waals surface area contributed by atoms with Crippen LogP contribution in [0.1, 0.15) is 11.1 Å². The first kappa shape index (κ1) is 17.8. The first-order valence-corrected chi connectivity index (χ1v) is 8.34. The van der Waals surface area contributed by atoms with Crippen molar-refractivity contribution in [3.63, 3.8) is 0 Å². The van der Waals surface area contributed by atoms with Gasteiger partial charge in [0.05, 0.1) is 20.6 Å². The number of aromatic amines is 1. The SMILES string of the molecule is COc1ccc(CCNC(=O)Cc2c[nH]c3cc(F)ccc23)cc1OC. The van der Waals surface area contributed by atoms with E-state index in [1.165, 1.54) is 12.1 Å². The second-order valence-corrected chi connectivity index (χ2v) is 5.97. The van der Waals surface area contributed by atoms with Gasteiger partial charge in [0.15, 0.2) is 11.5 Å². The minimum Gasteiger partial charge on any atom is -0.493 e. The predicted molar refractivity (Wildman–Crippen MR) is 98.2 cm³/mol. The van der Waals surface area contributed by atoms with Gasteiger partial charge in [0.25, 0.3) is 0 Å². The first-order valence-electron chi connectivity index (χ1n) is 8.34. The minimum absolute atomic E-state index is 0.0734. The minimum atomic E-state index is -0.301. The number of H-pyrrole nitrogens is 1. The van der Waals surface area contributed by atoms with Gasteiger partial charge in [0, 0.05) is 23.6 Å². The van der Waals surface area contributed by atoms with Crippen molar-refractivity contribution in [2.75, 3.05) is 20.8 Å². The van der Waals surface area contributed by atoms with Crippen LogP contribution >= 0.6 is 0 Å². The third-order valence-electron chi connectivity index (χ3n) is 4.26. The van der Waals surface area contributed by atoms with E-state index >= 15 is 0 Å². The van der Waals surface area contributed by atoms with Gasteiger partial charge in [0.2, 0.25) is 5.91 Å². The summed E-state index contributed by atoms with van der Waals surface area (Å²) in [4.78, 5) is 15.2. The molecule has 0 unspecified atom stereocenters. The number of aromatic nitrogens is 1. The van der Waals surface area contributed by atoms with E-state index in [0.29, 0.717) is 30.0 Å². The number of hydrogen-bond donors (Lipinski definition) is 2. The van der Waals surface area contributed by atoms with Crippen LogP contribution in [-0.2, 0) is 17.6 Å². The topological polar surface area (TPSA) is 63.3 Å². The molecule has 2 N–H and O–H groups in total. The summed E-state index contributed by atoms with van der Waals surface area (Å²) in [5.41, 5.74) is 2.59. The lowest BCUT2D eigenvalue weighted by Gasteiger charge is -2.10. The van der Waals surface area contributed by atoms with Crippen LogP contribution in [0.2, 0.25) is 0 Å². The van der Waals surface area contributed by atoms with Gasteiger partial charge in [-0.3, -0.25) is 4.79 Å². The van der Waals surface area contributed by atoms with Gasteiger partial charge < -0.3 is 19.8 Å². The van der Waals surface area contributed by atoms with Gasteiger partial charge in [-0.2, -0.15) is 0 Å². The Labute approximate surface area is 151 Å². The van der Waals surface area contributed by atoms with Crippen molar-refractivity contribution in [2.45, 2.75) is 12.8 Å². The number of fused-ring (bicyclic) bond motifs is 1. The van der Waals surface area contributed by atoms with Gasteiger partial charge in [-0.25, -0.2) is 4.39 Å². The Kier molecular flexibility index (Phi) is 5.41. The molecule has 0 saturated heterocycles. The Bertz CT molecular complexity index is 921. The number of methoxy groups -OCH3 is 2. The van der Waals surface area contributed by atoms with Crippen LogP contribution in [0.5, 0.6) is 11.5 Å². The van der Waals surface area contributed by atoms with E-state index in [-0.39, 0.29) is 18.1 Å². The van der Waals surface area contributed by atoms with Crippen molar-refractivity contribution in [2.24, 2.45) is 0 Å². The van der Waals surface area contributed by atoms with Crippen molar-refractivity contribution in [3.8, 4) is 11.5 Å². The average Bonchev–Trinajstić information content (AvgIpc) is 3.03. The zero-order chi connectivity index (χ0) is 18.5. The highest BCUT2D eigenvalue weighted by Crippen LogP contribution is 2.27. The molecule has 2 aromatic carbocycles. The van der Waals surface area contributed by atoms with Crippen molar-refractivity contribution >= 4 is 16.8 Å². The highest BCUT2D eigenvalue weighted by Gasteiger charge is 2.10. The molecule has 26 heavy (non-hydrogen) atoms. The van der Waals surface area contributed by atoms with Gasteiger partial charge in [0.1, 0.15) is 5.82 Å². The first-order chi connectivity index (χ1) is 12.6. The molecule has 0 saturated carbocycles. The number of benzene rings is 2. The molecule has 0 aliphatic carbocycles. The van der Waals surface area contributed by atoms with Crippen LogP contribution in [-0.4, -0.2) is 31.7 Å². The maximum atomic E-state index is 13.2. The third-order valence-corrected chi connectivity index (χ3v) is 4.26. The molecule has 0 bridgehead atoms. The Hall–Kier alpha value is -3.02. The Morgan fingerprint density at radius 1 is 1.12 bits per heavy atom. The second-order valence-electron chi connectivity index (χ2n) is 5.97. The molecule has 0 radical (unpaired) electrons. The summed E-state index contributed by atoms with van der Waals surface area (Å²) in [6.45, 7) is 0.519. The van der Waals surface area contributed by atoms with Crippen LogP contribution in [0.15, 0.2) is 42.6 Å². The van der Waals surface area contributed by atoms with E-state index in [1.54, 1.807) is 26.5 Å². The summed E-state index contributed by atoms with van der Waals surface area (Å²) in [5.74, 6) is 0.972. The quantitative estimate of drug-likeness (QED) is 0.683. The Morgan fingerprint density at radius 3 is 2.69 bits per heavy atom. The van der Waals surface area contributed by atoms with Gasteiger partial charge >= 0.3 is 0 Å². The van der Waals surface area contributed by atoms with Crippen LogP contribution in [0.3, 0.4) is 0 Å². The Balaban J connectivity index is 1.55. The number of carbonyl (C=O) groups excluding carboxylic acids is 1. The van der Waals surface area contributed by atoms with E-state index in [9.17, 15) is 9.18 Å². The number of carbonyl (C=O) groups is 1. The van der Waals surface area contributed by atoms with Gasteiger partial charge in [-0.1, -0.05) is 6.07 Å². The van der Waals surface area contributed by atoms with Crippen molar-refractivity contribution < 1.29 is 18.7 Å². The molecule has 1 aromatic heterocycles. The summed E-state index contributed by atoms with van der Waals surface area (Å²) in [7, 11) is 3.19. The fraction of sp³-hybridized carbons (Fsp3) is 0.250. The van der Waals surface area contributed by atoms with Crippen molar-refractivity contribution in [1.29, 1.82) is 0 Å². The number of hydrogen-bond acceptors (Lipinski definition) is 3. The molecule has 1 heterocycles. The molecule has 5 nitrogen and oxygen atoms in total. The highest BCUT2D eigenvalue weighted by molar-refractivity contribution is 5.88. The lowest BCUT2D eigenvalue weighted by Crippen LogP contribution is -2.27. The lowest BCUT2D eigenvalue weighted by molar-refractivity contribution is -0.120. The normalized spacial score (nSPS) is 10.7. The molecule has 6 heteroatoms. The fourth-order valence-corrected chi connectivity index (χ4v) is 2.92. The molecule has 0 spiro atoms. The average molecular weight is 356 g/mol. The number of halogens is 1. The van der Waals surface area contributed by atoms with E-state index in [1.807, 2.05) is 18.2 Å². The van der Waals surface area contributed by atoms with E-state index in [2.05, 4.69) is 10.3 Å². The lowest BCUT2D eigenvalue weighted by atomic mass is 10.1. The standard InChI is InChI=1S/C20H21FN2O3/c1-25-18-6-3-13(9-19(18)26-2)7-8-22-20(24)10-14-12-23-17-11-15(21)4-5-16(14)17/h3-6,9,11-12,23H,7-8,10H2,1-2H3,(H,22,24). The molecular weight excluding hydrogens is 335 g/mol. The smallest absolute Gasteiger partial charge is 0.224 e. The molecular formula is C20H21FN2O3. The number of amides is 1. The molecule has 136 valence electrons. The van der Waals surface area contributed by atoms with Crippen molar-refractivity contribution in [1.82, 2.24) is 10.3 Å². The molecule has 0 aliphatic heterocycles. The monoisotopic (exact) mass is 356 g/mol. The maximum absolute atomic E-state index is 13.2. The van der Waals surface area contributed by atoms with Crippen LogP contribution in [0, 0.1) is 5.82 Å². The molecule has 3 aromatic rings. The van der Waals surface area contributed by atoms with Crippen LogP contribution in [0.4, 0.5) is 4.39 Å². The molecule has 0 atom stereocenters. The maximum Gasteiger partial charge on any atom is 0.224 e. The van der Waals surface area contributed by atoms with E-state index in [4.69, 9.17) is 9.47 Å². The number of nitrogens with one attached hydrogen (secondary N) is 2. The zero-order valence-corrected chi connectivity index (χ0v) is 14.8. The number of ether oxygens (including phenoxy) is 2. The van der Waals surface area contributed by atoms with Crippen molar-refractivity contribution in [3.05, 3.63) is 59.5 Å². The third kappa shape index (κ3) is 3.96. The number of rotatable bonds is 7. The fourth-order valence-electron chi connectivity index (χ4n) is 2.92. The second kappa shape index (κ2) is 7.91. The molecule has 0 aliphatic rings. The summed E-state index contributed by atoms with van der Waals surface area (Å²) >= 11 is 0. The zero-order valence-electron chi connectivity index (χ0n) is 14.8. The van der Waals surface area contributed by atoms with Gasteiger partial charge in [-0.15, -0.1) is 0 Å². The van der Waals surface area contributed by atoms with E-state index in [0.717, 1.165) is 16.5 Å². The summed E-state index contributed by atoms with van der Waals surface area (Å²) in [5, 5.41) is 3.78. The predicted octanol–water partition coefficient (Wildman–Crippen LogP) is 3.23.